The molecule has 14 heteroatoms. The first-order valence-corrected chi connectivity index (χ1v) is 13.2. The van der Waals surface area contributed by atoms with E-state index in [0.29, 0.717) is 16.9 Å². The predicted octanol–water partition coefficient (Wildman–Crippen LogP) is 5.21. The van der Waals surface area contributed by atoms with Gasteiger partial charge in [0.25, 0.3) is 5.91 Å². The molecule has 2 aromatic heterocycles. The number of aromatic nitrogens is 3. The third-order valence-electron chi connectivity index (χ3n) is 6.82. The van der Waals surface area contributed by atoms with Crippen LogP contribution in [0.2, 0.25) is 5.02 Å². The van der Waals surface area contributed by atoms with Gasteiger partial charge in [0, 0.05) is 23.6 Å². The summed E-state index contributed by atoms with van der Waals surface area (Å²) in [7, 11) is 0. The Labute approximate surface area is 242 Å². The zero-order valence-electron chi connectivity index (χ0n) is 22.4. The van der Waals surface area contributed by atoms with Crippen molar-refractivity contribution in [3.63, 3.8) is 0 Å². The third-order valence-corrected chi connectivity index (χ3v) is 7.16. The molecule has 0 bridgehead atoms. The highest BCUT2D eigenvalue weighted by atomic mass is 35.5. The fraction of sp³-hybridized carbons (Fsp3) is 0.250. The Balaban J connectivity index is 1.57. The molecule has 0 fully saturated rings. The van der Waals surface area contributed by atoms with Crippen molar-refractivity contribution < 1.29 is 32.0 Å². The third kappa shape index (κ3) is 5.73. The number of rotatable bonds is 8. The number of nitrogens with zero attached hydrogens (tertiary/aromatic N) is 4. The van der Waals surface area contributed by atoms with Gasteiger partial charge in [-0.15, -0.1) is 0 Å². The van der Waals surface area contributed by atoms with Gasteiger partial charge in [-0.1, -0.05) is 18.5 Å². The first-order valence-electron chi connectivity index (χ1n) is 12.8. The van der Waals surface area contributed by atoms with Gasteiger partial charge in [-0.05, 0) is 48.7 Å². The molecule has 3 heterocycles. The first kappa shape index (κ1) is 28.9. The summed E-state index contributed by atoms with van der Waals surface area (Å²) in [4.78, 5) is 48.5. The van der Waals surface area contributed by atoms with Gasteiger partial charge < -0.3 is 14.3 Å². The number of nitrogens with one attached hydrogen (secondary N) is 2. The van der Waals surface area contributed by atoms with E-state index < -0.39 is 35.3 Å². The Bertz CT molecular complexity index is 1690. The van der Waals surface area contributed by atoms with Crippen LogP contribution in [0.1, 0.15) is 53.0 Å². The minimum absolute atomic E-state index is 0.0409. The van der Waals surface area contributed by atoms with E-state index in [2.05, 4.69) is 20.6 Å². The maximum Gasteiger partial charge on any atom is 0.327 e. The lowest BCUT2D eigenvalue weighted by Crippen LogP contribution is -2.34. The second-order valence-corrected chi connectivity index (χ2v) is 10.1. The molecule has 0 saturated heterocycles. The SMILES string of the molecule is CC(=O)Cn1c(C(=O)NCc2cnco2)nc(NC(=O)N2CCc3cc(F)c(F)cc32)c1[C@@H](C)c1cc(F)ccc1Cl. The first-order chi connectivity index (χ1) is 20.0. The molecule has 5 rings (SSSR count). The number of halogens is 4. The zero-order valence-corrected chi connectivity index (χ0v) is 23.1. The van der Waals surface area contributed by atoms with E-state index in [9.17, 15) is 27.6 Å². The lowest BCUT2D eigenvalue weighted by Gasteiger charge is -2.21. The number of urea groups is 1. The van der Waals surface area contributed by atoms with Crippen molar-refractivity contribution in [3.05, 3.63) is 93.8 Å². The van der Waals surface area contributed by atoms with Gasteiger partial charge in [-0.2, -0.15) is 0 Å². The lowest BCUT2D eigenvalue weighted by molar-refractivity contribution is -0.117. The van der Waals surface area contributed by atoms with E-state index >= 15 is 0 Å². The van der Waals surface area contributed by atoms with Crippen molar-refractivity contribution in [3.8, 4) is 0 Å². The molecule has 1 aliphatic heterocycles. The van der Waals surface area contributed by atoms with Crippen molar-refractivity contribution in [1.29, 1.82) is 0 Å². The highest BCUT2D eigenvalue weighted by Crippen LogP contribution is 2.36. The normalized spacial score (nSPS) is 13.1. The molecule has 218 valence electrons. The number of carbonyl (C=O) groups excluding carboxylic acids is 3. The standard InChI is InChI=1S/C28H24ClF3N6O4/c1-14(39)12-38-24(15(2)19-8-17(30)3-4-20(19)29)25(35-26(38)27(40)34-11-18-10-33-13-42-18)36-28(41)37-6-5-16-7-21(31)22(32)9-23(16)37/h3-4,7-10,13,15H,5-6,11-12H2,1-2H3,(H,34,40)(H,36,41)/t15-/m0/s1. The summed E-state index contributed by atoms with van der Waals surface area (Å²) in [5.41, 5.74) is 1.14. The van der Waals surface area contributed by atoms with Crippen LogP contribution in [0.4, 0.5) is 29.5 Å². The molecule has 2 aromatic carbocycles. The molecular weight excluding hydrogens is 577 g/mol. The number of hydrogen-bond acceptors (Lipinski definition) is 6. The van der Waals surface area contributed by atoms with Gasteiger partial charge in [0.2, 0.25) is 5.82 Å². The van der Waals surface area contributed by atoms with E-state index in [0.717, 1.165) is 12.1 Å². The summed E-state index contributed by atoms with van der Waals surface area (Å²) in [5.74, 6) is -4.48. The number of fused-ring (bicyclic) bond motifs is 1. The Morgan fingerprint density at radius 3 is 2.62 bits per heavy atom. The van der Waals surface area contributed by atoms with Crippen LogP contribution in [0.3, 0.4) is 0 Å². The van der Waals surface area contributed by atoms with Gasteiger partial charge in [-0.25, -0.2) is 27.9 Å². The topological polar surface area (TPSA) is 122 Å². The highest BCUT2D eigenvalue weighted by molar-refractivity contribution is 6.31. The summed E-state index contributed by atoms with van der Waals surface area (Å²) in [5, 5.41) is 5.49. The van der Waals surface area contributed by atoms with E-state index in [4.69, 9.17) is 16.0 Å². The lowest BCUT2D eigenvalue weighted by atomic mass is 9.97. The van der Waals surface area contributed by atoms with Crippen LogP contribution >= 0.6 is 11.6 Å². The van der Waals surface area contributed by atoms with Crippen LogP contribution in [0, 0.1) is 17.5 Å². The van der Waals surface area contributed by atoms with Crippen molar-refractivity contribution in [2.75, 3.05) is 16.8 Å². The molecule has 42 heavy (non-hydrogen) atoms. The molecule has 0 saturated carbocycles. The number of benzene rings is 2. The number of anilines is 2. The number of hydrogen-bond donors (Lipinski definition) is 2. The predicted molar refractivity (Wildman–Crippen MR) is 146 cm³/mol. The molecule has 1 aliphatic rings. The number of oxazole rings is 1. The number of imidazole rings is 1. The van der Waals surface area contributed by atoms with E-state index in [1.807, 2.05) is 0 Å². The van der Waals surface area contributed by atoms with E-state index in [-0.39, 0.29) is 59.9 Å². The smallest absolute Gasteiger partial charge is 0.327 e. The Morgan fingerprint density at radius 1 is 1.14 bits per heavy atom. The van der Waals surface area contributed by atoms with E-state index in [1.165, 1.54) is 47.2 Å². The van der Waals surface area contributed by atoms with Gasteiger partial charge in [0.1, 0.15) is 17.4 Å². The number of ketones is 1. The van der Waals surface area contributed by atoms with Crippen molar-refractivity contribution in [1.82, 2.24) is 19.9 Å². The minimum Gasteiger partial charge on any atom is -0.447 e. The largest absolute Gasteiger partial charge is 0.447 e. The average Bonchev–Trinajstić information content (AvgIpc) is 3.68. The molecule has 0 aliphatic carbocycles. The molecule has 3 amide bonds. The molecule has 10 nitrogen and oxygen atoms in total. The van der Waals surface area contributed by atoms with Crippen LogP contribution in [0.5, 0.6) is 0 Å². The van der Waals surface area contributed by atoms with Gasteiger partial charge in [-0.3, -0.25) is 19.8 Å². The molecule has 0 spiro atoms. The summed E-state index contributed by atoms with van der Waals surface area (Å²) in [6, 6.07) is 5.00. The summed E-state index contributed by atoms with van der Waals surface area (Å²) in [6.07, 6.45) is 2.90. The Morgan fingerprint density at radius 2 is 1.90 bits per heavy atom. The summed E-state index contributed by atoms with van der Waals surface area (Å²) in [6.45, 7) is 2.75. The average molecular weight is 601 g/mol. The number of carbonyl (C=O) groups is 3. The molecule has 1 atom stereocenters. The maximum atomic E-state index is 14.3. The van der Waals surface area contributed by atoms with Crippen LogP contribution in [-0.4, -0.2) is 38.8 Å². The van der Waals surface area contributed by atoms with Crippen molar-refractivity contribution >= 4 is 40.8 Å². The minimum atomic E-state index is -1.11. The fourth-order valence-corrected chi connectivity index (χ4v) is 5.16. The van der Waals surface area contributed by atoms with E-state index in [1.54, 1.807) is 6.92 Å². The second-order valence-electron chi connectivity index (χ2n) is 9.72. The summed E-state index contributed by atoms with van der Waals surface area (Å²) >= 11 is 6.40. The van der Waals surface area contributed by atoms with Crippen LogP contribution in [0.15, 0.2) is 47.3 Å². The van der Waals surface area contributed by atoms with Crippen molar-refractivity contribution in [2.45, 2.75) is 39.3 Å². The van der Waals surface area contributed by atoms with Gasteiger partial charge >= 0.3 is 6.03 Å². The molecule has 2 N–H and O–H groups in total. The van der Waals surface area contributed by atoms with Gasteiger partial charge in [0.05, 0.1) is 30.7 Å². The van der Waals surface area contributed by atoms with Gasteiger partial charge in [0.15, 0.2) is 23.8 Å². The van der Waals surface area contributed by atoms with Crippen LogP contribution in [-0.2, 0) is 24.3 Å². The molecule has 0 radical (unpaired) electrons. The molecule has 0 unspecified atom stereocenters. The number of Topliss-reactive ketones (excluding diaryl/α,β-unsaturated/α-hetero) is 1. The van der Waals surface area contributed by atoms with Crippen LogP contribution in [0.25, 0.3) is 0 Å². The summed E-state index contributed by atoms with van der Waals surface area (Å²) < 4.78 is 48.5. The Kier molecular flexibility index (Phi) is 8.03. The van der Waals surface area contributed by atoms with Crippen LogP contribution < -0.4 is 15.5 Å². The zero-order chi connectivity index (χ0) is 30.1. The Hall–Kier alpha value is -4.65. The molecular formula is C28H24ClF3N6O4. The number of amides is 3. The monoisotopic (exact) mass is 600 g/mol. The molecule has 4 aromatic rings. The second kappa shape index (κ2) is 11.7. The van der Waals surface area contributed by atoms with Crippen molar-refractivity contribution in [2.24, 2.45) is 0 Å². The highest BCUT2D eigenvalue weighted by Gasteiger charge is 2.32. The quantitative estimate of drug-likeness (QED) is 0.286. The fourth-order valence-electron chi connectivity index (χ4n) is 4.88. The maximum absolute atomic E-state index is 14.3.